The third-order valence-electron chi connectivity index (χ3n) is 5.49. The van der Waals surface area contributed by atoms with Gasteiger partial charge in [-0.3, -0.25) is 0 Å². The van der Waals surface area contributed by atoms with E-state index >= 15 is 0 Å². The van der Waals surface area contributed by atoms with Crippen molar-refractivity contribution >= 4 is 58.8 Å². The van der Waals surface area contributed by atoms with Crippen molar-refractivity contribution < 1.29 is 20.6 Å². The Morgan fingerprint density at radius 1 is 0.667 bits per heavy atom. The average Bonchev–Trinajstić information content (AvgIpc) is 2.74. The maximum absolute atomic E-state index is 6.43. The molecule has 0 fully saturated rings. The highest BCUT2D eigenvalue weighted by atomic mass is 28.4. The summed E-state index contributed by atoms with van der Waals surface area (Å²) in [5, 5.41) is 0. The van der Waals surface area contributed by atoms with Gasteiger partial charge in [0.05, 0.1) is 0 Å². The molecule has 1 atom stereocenters. The van der Waals surface area contributed by atoms with Crippen LogP contribution in [0.15, 0.2) is 0 Å². The van der Waals surface area contributed by atoms with E-state index in [-0.39, 0.29) is 0 Å². The summed E-state index contributed by atoms with van der Waals surface area (Å²) < 4.78 is 28.3. The lowest BCUT2D eigenvalue weighted by molar-refractivity contribution is 0.383. The summed E-state index contributed by atoms with van der Waals surface area (Å²) >= 11 is 0. The lowest BCUT2D eigenvalue weighted by Gasteiger charge is -2.28. The number of hydrogen-bond acceptors (Lipinski definition) is 6. The number of rotatable bonds is 25. The lowest BCUT2D eigenvalue weighted by atomic mass is 10.1. The molecule has 6 nitrogen and oxygen atoms in total. The number of unbranched alkanes of at least 4 members (excludes halogenated alkanes) is 11. The summed E-state index contributed by atoms with van der Waals surface area (Å²) in [6.45, 7) is 5.48. The molecule has 0 bridgehead atoms. The normalized spacial score (nSPS) is 15.3. The van der Waals surface area contributed by atoms with Crippen LogP contribution in [0.3, 0.4) is 0 Å². The van der Waals surface area contributed by atoms with Crippen molar-refractivity contribution in [3.8, 4) is 0 Å². The Labute approximate surface area is 200 Å². The minimum absolute atomic E-state index is 0.735. The van der Waals surface area contributed by atoms with E-state index < -0.39 is 48.3 Å². The summed E-state index contributed by atoms with van der Waals surface area (Å²) in [7, 11) is -4.26. The molecule has 0 saturated carbocycles. The van der Waals surface area contributed by atoms with Crippen molar-refractivity contribution in [2.45, 2.75) is 109 Å². The van der Waals surface area contributed by atoms with Crippen LogP contribution in [0.25, 0.3) is 0 Å². The van der Waals surface area contributed by atoms with Crippen molar-refractivity contribution in [3.05, 3.63) is 0 Å². The van der Waals surface area contributed by atoms with Crippen molar-refractivity contribution in [2.75, 3.05) is 6.54 Å². The second-order valence-electron chi connectivity index (χ2n) is 8.50. The van der Waals surface area contributed by atoms with E-state index in [0.717, 1.165) is 23.5 Å². The highest BCUT2D eigenvalue weighted by Crippen LogP contribution is 2.24. The Balaban J connectivity index is 3.81. The molecule has 12 heteroatoms. The summed E-state index contributed by atoms with van der Waals surface area (Å²) in [4.78, 5) is 0. The van der Waals surface area contributed by atoms with E-state index in [1.165, 1.54) is 89.1 Å². The van der Waals surface area contributed by atoms with Gasteiger partial charge in [0.1, 0.15) is 10.5 Å². The largest absolute Gasteiger partial charge is 0.449 e. The first kappa shape index (κ1) is 31.1. The van der Waals surface area contributed by atoms with E-state index in [0.29, 0.717) is 0 Å². The minimum atomic E-state index is -1.64. The molecule has 0 spiro atoms. The maximum Gasteiger partial charge on any atom is 0.286 e. The Morgan fingerprint density at radius 3 is 1.67 bits per heavy atom. The van der Waals surface area contributed by atoms with Crippen LogP contribution < -0.4 is 5.73 Å². The standard InChI is InChI=1S/C18H51NO5Si6/c1-3-4-5-6-7-8-9-10-11-12-14-17-30(2,18-15-13-16-19)24-29-23-28-22-27-21-26-20-25/h3-19,26-29H2,1-2,25H3. The van der Waals surface area contributed by atoms with E-state index in [1.807, 2.05) is 0 Å². The van der Waals surface area contributed by atoms with Crippen LogP contribution in [0.5, 0.6) is 0 Å². The predicted octanol–water partition coefficient (Wildman–Crippen LogP) is 0.970. The van der Waals surface area contributed by atoms with Crippen molar-refractivity contribution in [3.63, 3.8) is 0 Å². The molecule has 0 aromatic heterocycles. The molecule has 182 valence electrons. The Bertz CT molecular complexity index is 352. The van der Waals surface area contributed by atoms with Crippen LogP contribution in [-0.4, -0.2) is 65.4 Å². The third-order valence-corrected chi connectivity index (χ3v) is 16.5. The zero-order valence-corrected chi connectivity index (χ0v) is 28.9. The monoisotopic (exact) mass is 529 g/mol. The predicted molar refractivity (Wildman–Crippen MR) is 146 cm³/mol. The van der Waals surface area contributed by atoms with Gasteiger partial charge >= 0.3 is 0 Å². The van der Waals surface area contributed by atoms with Crippen LogP contribution in [0, 0.1) is 0 Å². The molecule has 1 unspecified atom stereocenters. The highest BCUT2D eigenvalue weighted by molar-refractivity contribution is 6.76. The fourth-order valence-electron chi connectivity index (χ4n) is 3.56. The highest BCUT2D eigenvalue weighted by Gasteiger charge is 2.27. The Morgan fingerprint density at radius 2 is 1.13 bits per heavy atom. The molecule has 0 rings (SSSR count). The van der Waals surface area contributed by atoms with Crippen LogP contribution >= 0.6 is 0 Å². The first-order valence-corrected chi connectivity index (χ1v) is 20.5. The van der Waals surface area contributed by atoms with Crippen LogP contribution in [0.1, 0.15) is 90.4 Å². The van der Waals surface area contributed by atoms with Gasteiger partial charge in [-0.05, 0) is 31.6 Å². The van der Waals surface area contributed by atoms with E-state index in [1.54, 1.807) is 0 Å². The van der Waals surface area contributed by atoms with E-state index in [9.17, 15) is 0 Å². The van der Waals surface area contributed by atoms with Gasteiger partial charge in [0.2, 0.25) is 0 Å². The molecule has 0 aliphatic rings. The Hall–Kier alpha value is 1.06. The summed E-state index contributed by atoms with van der Waals surface area (Å²) in [5.74, 6) is 0. The molecule has 0 amide bonds. The summed E-state index contributed by atoms with van der Waals surface area (Å²) in [5.41, 5.74) is 5.70. The molecule has 0 aromatic carbocycles. The van der Waals surface area contributed by atoms with Crippen LogP contribution in [0.2, 0.25) is 18.6 Å². The van der Waals surface area contributed by atoms with Gasteiger partial charge in [0.25, 0.3) is 40.0 Å². The average molecular weight is 530 g/mol. The number of nitrogens with two attached hydrogens (primary N) is 1. The molecule has 0 saturated heterocycles. The quantitative estimate of drug-likeness (QED) is 0.140. The SMILES string of the molecule is CCCCCCCCCCCCC[Si](C)(CCCCN)O[SiH2]O[SiH2]O[SiH2]O[SiH2]O[SiH3]. The number of hydrogen-bond donors (Lipinski definition) is 1. The molecule has 30 heavy (non-hydrogen) atoms. The lowest BCUT2D eigenvalue weighted by Crippen LogP contribution is -2.37. The molecular weight excluding hydrogens is 479 g/mol. The van der Waals surface area contributed by atoms with Gasteiger partial charge in [-0.25, -0.2) is 0 Å². The van der Waals surface area contributed by atoms with Gasteiger partial charge in [0, 0.05) is 0 Å². The van der Waals surface area contributed by atoms with Gasteiger partial charge in [0.15, 0.2) is 8.32 Å². The van der Waals surface area contributed by atoms with Gasteiger partial charge in [-0.1, -0.05) is 84.0 Å². The zero-order chi connectivity index (χ0) is 22.2. The molecule has 2 N–H and O–H groups in total. The molecular formula is C18H51NO5Si6. The zero-order valence-electron chi connectivity index (χ0n) is 20.3. The second kappa shape index (κ2) is 24.7. The van der Waals surface area contributed by atoms with Gasteiger partial charge in [-0.2, -0.15) is 0 Å². The van der Waals surface area contributed by atoms with Crippen molar-refractivity contribution in [2.24, 2.45) is 5.73 Å². The fourth-order valence-corrected chi connectivity index (χ4v) is 15.2. The Kier molecular flexibility index (Phi) is 25.6. The van der Waals surface area contributed by atoms with Crippen LogP contribution in [0.4, 0.5) is 0 Å². The topological polar surface area (TPSA) is 72.2 Å². The molecule has 0 heterocycles. The smallest absolute Gasteiger partial charge is 0.286 e. The molecule has 0 aliphatic heterocycles. The van der Waals surface area contributed by atoms with E-state index in [4.69, 9.17) is 26.3 Å². The fraction of sp³-hybridized carbons (Fsp3) is 1.00. The van der Waals surface area contributed by atoms with Crippen LogP contribution in [-0.2, 0) is 20.6 Å². The summed E-state index contributed by atoms with van der Waals surface area (Å²) in [6, 6.07) is 2.50. The van der Waals surface area contributed by atoms with Gasteiger partial charge < -0.3 is 26.3 Å². The first-order valence-electron chi connectivity index (χ1n) is 12.2. The minimum Gasteiger partial charge on any atom is -0.449 e. The summed E-state index contributed by atoms with van der Waals surface area (Å²) in [6.07, 6.45) is 17.7. The maximum atomic E-state index is 6.43. The van der Waals surface area contributed by atoms with Gasteiger partial charge in [-0.15, -0.1) is 0 Å². The second-order valence-corrected chi connectivity index (χ2v) is 21.7. The molecule has 0 aromatic rings. The molecule has 0 aliphatic carbocycles. The van der Waals surface area contributed by atoms with Crippen molar-refractivity contribution in [1.29, 1.82) is 0 Å². The molecule has 0 radical (unpaired) electrons. The first-order chi connectivity index (χ1) is 14.7. The third kappa shape index (κ3) is 22.3. The van der Waals surface area contributed by atoms with Crippen molar-refractivity contribution in [1.82, 2.24) is 0 Å². The van der Waals surface area contributed by atoms with E-state index in [2.05, 4.69) is 13.5 Å².